The third kappa shape index (κ3) is 3.17. The Morgan fingerprint density at radius 1 is 1.36 bits per heavy atom. The summed E-state index contributed by atoms with van der Waals surface area (Å²) < 4.78 is 7.28. The second-order valence-corrected chi connectivity index (χ2v) is 6.36. The molecule has 1 amide bonds. The number of hydrogen-bond acceptors (Lipinski definition) is 5. The minimum absolute atomic E-state index is 0.104. The lowest BCUT2D eigenvalue weighted by atomic mass is 10.1. The van der Waals surface area contributed by atoms with Crippen molar-refractivity contribution < 1.29 is 9.32 Å². The van der Waals surface area contributed by atoms with Gasteiger partial charge in [-0.2, -0.15) is 5.10 Å². The number of aryl methyl sites for hydroxylation is 1. The summed E-state index contributed by atoms with van der Waals surface area (Å²) >= 11 is 0. The van der Waals surface area contributed by atoms with Crippen molar-refractivity contribution >= 4 is 5.91 Å². The Labute approximate surface area is 145 Å². The Hall–Kier alpha value is -2.96. The average molecular weight is 337 g/mol. The highest BCUT2D eigenvalue weighted by Crippen LogP contribution is 2.24. The average Bonchev–Trinajstić information content (AvgIpc) is 3.31. The first kappa shape index (κ1) is 15.6. The molecule has 1 aliphatic rings. The fourth-order valence-corrected chi connectivity index (χ4v) is 3.17. The van der Waals surface area contributed by atoms with E-state index >= 15 is 0 Å². The molecular weight excluding hydrogens is 318 g/mol. The first-order valence-corrected chi connectivity index (χ1v) is 8.38. The van der Waals surface area contributed by atoms with Crippen LogP contribution in [0.5, 0.6) is 0 Å². The quantitative estimate of drug-likeness (QED) is 0.734. The minimum Gasteiger partial charge on any atom is -0.355 e. The van der Waals surface area contributed by atoms with Crippen molar-refractivity contribution in [2.75, 3.05) is 13.1 Å². The van der Waals surface area contributed by atoms with Gasteiger partial charge in [0.1, 0.15) is 0 Å². The normalized spacial score (nSPS) is 17.6. The van der Waals surface area contributed by atoms with Crippen LogP contribution in [0.15, 0.2) is 47.5 Å². The van der Waals surface area contributed by atoms with Crippen LogP contribution in [0.25, 0.3) is 11.3 Å². The summed E-state index contributed by atoms with van der Waals surface area (Å²) in [4.78, 5) is 18.7. The molecule has 4 rings (SSSR count). The van der Waals surface area contributed by atoms with Crippen molar-refractivity contribution in [1.82, 2.24) is 24.8 Å². The molecule has 3 aromatic heterocycles. The number of nitrogens with zero attached hydrogens (tertiary/aromatic N) is 5. The predicted molar refractivity (Wildman–Crippen MR) is 90.9 cm³/mol. The second-order valence-electron chi connectivity index (χ2n) is 6.36. The van der Waals surface area contributed by atoms with Crippen molar-refractivity contribution in [1.29, 1.82) is 0 Å². The van der Waals surface area contributed by atoms with E-state index in [1.54, 1.807) is 18.5 Å². The van der Waals surface area contributed by atoms with Gasteiger partial charge < -0.3 is 9.42 Å². The maximum Gasteiger partial charge on any atom is 0.276 e. The molecule has 0 saturated carbocycles. The number of piperidine rings is 1. The number of rotatable bonds is 3. The Bertz CT molecular complexity index is 870. The maximum atomic E-state index is 12.8. The molecule has 0 N–H and O–H groups in total. The second kappa shape index (κ2) is 6.51. The molecule has 0 bridgehead atoms. The topological polar surface area (TPSA) is 77.0 Å². The molecule has 0 radical (unpaired) electrons. The van der Waals surface area contributed by atoms with Gasteiger partial charge in [0.15, 0.2) is 11.5 Å². The number of amides is 1. The van der Waals surface area contributed by atoms with E-state index in [1.807, 2.05) is 41.0 Å². The van der Waals surface area contributed by atoms with Crippen LogP contribution < -0.4 is 0 Å². The number of aromatic nitrogens is 4. The van der Waals surface area contributed by atoms with Crippen molar-refractivity contribution in [3.63, 3.8) is 0 Å². The van der Waals surface area contributed by atoms with Crippen LogP contribution in [0.2, 0.25) is 0 Å². The van der Waals surface area contributed by atoms with Gasteiger partial charge in [-0.05, 0) is 37.5 Å². The van der Waals surface area contributed by atoms with E-state index in [9.17, 15) is 4.79 Å². The highest BCUT2D eigenvalue weighted by Gasteiger charge is 2.27. The van der Waals surface area contributed by atoms with Crippen LogP contribution in [0.1, 0.15) is 34.9 Å². The van der Waals surface area contributed by atoms with Crippen LogP contribution >= 0.6 is 0 Å². The monoisotopic (exact) mass is 337 g/mol. The lowest BCUT2D eigenvalue weighted by molar-refractivity contribution is 0.0662. The summed E-state index contributed by atoms with van der Waals surface area (Å²) in [5.74, 6) is 0.445. The van der Waals surface area contributed by atoms with Gasteiger partial charge >= 0.3 is 0 Å². The number of hydrogen-bond donors (Lipinski definition) is 0. The number of carbonyl (C=O) groups excluding carboxylic acids is 1. The van der Waals surface area contributed by atoms with Crippen LogP contribution in [0, 0.1) is 6.92 Å². The van der Waals surface area contributed by atoms with Crippen LogP contribution in [-0.4, -0.2) is 43.8 Å². The molecule has 1 atom stereocenters. The zero-order valence-electron chi connectivity index (χ0n) is 14.0. The number of likely N-dealkylation sites (tertiary alicyclic amines) is 1. The molecular formula is C18H19N5O2. The summed E-state index contributed by atoms with van der Waals surface area (Å²) in [6.07, 6.45) is 9.21. The van der Waals surface area contributed by atoms with Gasteiger partial charge in [-0.3, -0.25) is 14.5 Å². The van der Waals surface area contributed by atoms with Gasteiger partial charge in [-0.25, -0.2) is 0 Å². The van der Waals surface area contributed by atoms with E-state index in [4.69, 9.17) is 4.52 Å². The largest absolute Gasteiger partial charge is 0.355 e. The molecule has 0 spiro atoms. The van der Waals surface area contributed by atoms with Gasteiger partial charge in [-0.15, -0.1) is 0 Å². The fourth-order valence-electron chi connectivity index (χ4n) is 3.17. The maximum absolute atomic E-state index is 12.8. The van der Waals surface area contributed by atoms with Crippen LogP contribution in [0.3, 0.4) is 0 Å². The molecule has 7 nitrogen and oxygen atoms in total. The predicted octanol–water partition coefficient (Wildman–Crippen LogP) is 2.72. The molecule has 25 heavy (non-hydrogen) atoms. The molecule has 128 valence electrons. The third-order valence-electron chi connectivity index (χ3n) is 4.46. The van der Waals surface area contributed by atoms with Gasteiger partial charge in [0.2, 0.25) is 0 Å². The highest BCUT2D eigenvalue weighted by molar-refractivity contribution is 5.93. The summed E-state index contributed by atoms with van der Waals surface area (Å²) in [6, 6.07) is 5.58. The Morgan fingerprint density at radius 3 is 3.04 bits per heavy atom. The fraction of sp³-hybridized carbons (Fsp3) is 0.333. The molecule has 1 fully saturated rings. The summed E-state index contributed by atoms with van der Waals surface area (Å²) in [5, 5.41) is 8.34. The van der Waals surface area contributed by atoms with E-state index in [0.29, 0.717) is 18.0 Å². The van der Waals surface area contributed by atoms with E-state index in [2.05, 4.69) is 15.2 Å². The molecule has 7 heteroatoms. The van der Waals surface area contributed by atoms with E-state index in [-0.39, 0.29) is 11.9 Å². The van der Waals surface area contributed by atoms with Gasteiger partial charge in [0, 0.05) is 43.3 Å². The number of carbonyl (C=O) groups is 1. The van der Waals surface area contributed by atoms with Crippen LogP contribution in [0.4, 0.5) is 0 Å². The van der Waals surface area contributed by atoms with Crippen LogP contribution in [-0.2, 0) is 0 Å². The Morgan fingerprint density at radius 2 is 2.28 bits per heavy atom. The smallest absolute Gasteiger partial charge is 0.276 e. The lowest BCUT2D eigenvalue weighted by Gasteiger charge is -2.32. The Kier molecular flexibility index (Phi) is 4.05. The standard InChI is InChI=1S/C18H19N5O2/c1-13-9-20-23(11-13)15-5-3-7-22(12-15)18(24)16-8-17(25-21-16)14-4-2-6-19-10-14/h2,4,6,8-11,15H,3,5,7,12H2,1H3/t15-/m1/s1. The summed E-state index contributed by atoms with van der Waals surface area (Å²) in [5.41, 5.74) is 2.26. The third-order valence-corrected chi connectivity index (χ3v) is 4.46. The van der Waals surface area contributed by atoms with Crippen molar-refractivity contribution in [3.8, 4) is 11.3 Å². The van der Waals surface area contributed by atoms with E-state index < -0.39 is 0 Å². The first-order chi connectivity index (χ1) is 12.2. The molecule has 1 aliphatic heterocycles. The molecule has 1 saturated heterocycles. The summed E-state index contributed by atoms with van der Waals surface area (Å²) in [7, 11) is 0. The van der Waals surface area contributed by atoms with Crippen molar-refractivity contribution in [2.24, 2.45) is 0 Å². The van der Waals surface area contributed by atoms with Gasteiger partial charge in [-0.1, -0.05) is 5.16 Å². The summed E-state index contributed by atoms with van der Waals surface area (Å²) in [6.45, 7) is 3.38. The molecule has 3 aromatic rings. The first-order valence-electron chi connectivity index (χ1n) is 8.38. The van der Waals surface area contributed by atoms with E-state index in [0.717, 1.165) is 30.5 Å². The zero-order chi connectivity index (χ0) is 17.2. The van der Waals surface area contributed by atoms with Crippen molar-refractivity contribution in [3.05, 3.63) is 54.2 Å². The zero-order valence-corrected chi connectivity index (χ0v) is 14.0. The van der Waals surface area contributed by atoms with E-state index in [1.165, 1.54) is 0 Å². The van der Waals surface area contributed by atoms with Gasteiger partial charge in [0.05, 0.1) is 12.2 Å². The lowest BCUT2D eigenvalue weighted by Crippen LogP contribution is -2.41. The molecule has 0 unspecified atom stereocenters. The van der Waals surface area contributed by atoms with Crippen molar-refractivity contribution in [2.45, 2.75) is 25.8 Å². The Balaban J connectivity index is 1.50. The minimum atomic E-state index is -0.104. The highest BCUT2D eigenvalue weighted by atomic mass is 16.5. The molecule has 0 aromatic carbocycles. The molecule has 4 heterocycles. The molecule has 0 aliphatic carbocycles. The van der Waals surface area contributed by atoms with Gasteiger partial charge in [0.25, 0.3) is 5.91 Å². The number of pyridine rings is 1. The SMILES string of the molecule is Cc1cnn([C@@H]2CCCN(C(=O)c3cc(-c4cccnc4)on3)C2)c1.